The first kappa shape index (κ1) is 11.8. The van der Waals surface area contributed by atoms with E-state index in [0.717, 1.165) is 11.3 Å². The van der Waals surface area contributed by atoms with Crippen LogP contribution in [0, 0.1) is 5.41 Å². The number of hydrogen-bond donors (Lipinski definition) is 1. The van der Waals surface area contributed by atoms with E-state index in [9.17, 15) is 4.79 Å². The molecule has 0 unspecified atom stereocenters. The molecule has 4 heteroatoms. The molecule has 92 valence electrons. The van der Waals surface area contributed by atoms with Gasteiger partial charge in [0.15, 0.2) is 0 Å². The van der Waals surface area contributed by atoms with Gasteiger partial charge in [-0.1, -0.05) is 32.0 Å². The molecule has 1 amide bonds. The third kappa shape index (κ3) is 2.20. The van der Waals surface area contributed by atoms with E-state index < -0.39 is 0 Å². The number of hydrogen-bond acceptors (Lipinski definition) is 3. The number of methoxy groups -OCH3 is 1. The molecule has 1 aliphatic heterocycles. The first-order valence-corrected chi connectivity index (χ1v) is 5.61. The molecule has 2 rings (SSSR count). The fourth-order valence-corrected chi connectivity index (χ4v) is 2.09. The number of rotatable bonds is 2. The molecule has 0 aromatic heterocycles. The minimum Gasteiger partial charge on any atom is -0.496 e. The second kappa shape index (κ2) is 4.28. The SMILES string of the molecule is COc1ccccc1[C@@H]1NC(=O)OCC1(C)C. The van der Waals surface area contributed by atoms with Crippen LogP contribution in [0.25, 0.3) is 0 Å². The maximum absolute atomic E-state index is 11.4. The van der Waals surface area contributed by atoms with Gasteiger partial charge in [0.2, 0.25) is 0 Å². The molecule has 1 atom stereocenters. The highest BCUT2D eigenvalue weighted by Gasteiger charge is 2.39. The zero-order valence-electron chi connectivity index (χ0n) is 10.3. The van der Waals surface area contributed by atoms with Crippen LogP contribution in [0.3, 0.4) is 0 Å². The average molecular weight is 235 g/mol. The average Bonchev–Trinajstić information content (AvgIpc) is 2.32. The van der Waals surface area contributed by atoms with E-state index in [-0.39, 0.29) is 17.6 Å². The first-order chi connectivity index (χ1) is 8.04. The van der Waals surface area contributed by atoms with Crippen LogP contribution in [0.1, 0.15) is 25.5 Å². The van der Waals surface area contributed by atoms with Gasteiger partial charge in [0, 0.05) is 11.0 Å². The van der Waals surface area contributed by atoms with Gasteiger partial charge in [-0.05, 0) is 6.07 Å². The monoisotopic (exact) mass is 235 g/mol. The fourth-order valence-electron chi connectivity index (χ4n) is 2.09. The van der Waals surface area contributed by atoms with Crippen LogP contribution >= 0.6 is 0 Å². The van der Waals surface area contributed by atoms with E-state index in [4.69, 9.17) is 9.47 Å². The second-order valence-corrected chi connectivity index (χ2v) is 4.88. The molecule has 1 N–H and O–H groups in total. The lowest BCUT2D eigenvalue weighted by Crippen LogP contribution is -2.47. The number of alkyl carbamates (subject to hydrolysis) is 1. The van der Waals surface area contributed by atoms with E-state index in [2.05, 4.69) is 19.2 Å². The number of carbonyl (C=O) groups is 1. The van der Waals surface area contributed by atoms with Gasteiger partial charge in [-0.3, -0.25) is 0 Å². The van der Waals surface area contributed by atoms with Crippen LogP contribution in [0.5, 0.6) is 5.75 Å². The van der Waals surface area contributed by atoms with E-state index in [1.54, 1.807) is 7.11 Å². The molecule has 0 aliphatic carbocycles. The van der Waals surface area contributed by atoms with Crippen molar-refractivity contribution in [2.45, 2.75) is 19.9 Å². The van der Waals surface area contributed by atoms with Crippen molar-refractivity contribution in [3.8, 4) is 5.75 Å². The Morgan fingerprint density at radius 2 is 2.12 bits per heavy atom. The van der Waals surface area contributed by atoms with E-state index >= 15 is 0 Å². The third-order valence-corrected chi connectivity index (χ3v) is 3.07. The molecule has 0 radical (unpaired) electrons. The van der Waals surface area contributed by atoms with Gasteiger partial charge in [0.1, 0.15) is 12.4 Å². The lowest BCUT2D eigenvalue weighted by Gasteiger charge is -2.38. The van der Waals surface area contributed by atoms with Crippen molar-refractivity contribution < 1.29 is 14.3 Å². The quantitative estimate of drug-likeness (QED) is 0.856. The highest BCUT2D eigenvalue weighted by molar-refractivity contribution is 5.69. The summed E-state index contributed by atoms with van der Waals surface area (Å²) in [5, 5.41) is 2.86. The minimum absolute atomic E-state index is 0.0973. The summed E-state index contributed by atoms with van der Waals surface area (Å²) in [5.41, 5.74) is 0.819. The summed E-state index contributed by atoms with van der Waals surface area (Å²) in [6.07, 6.45) is -0.375. The summed E-state index contributed by atoms with van der Waals surface area (Å²) in [7, 11) is 1.63. The van der Waals surface area contributed by atoms with Crippen molar-refractivity contribution in [1.82, 2.24) is 5.32 Å². The van der Waals surface area contributed by atoms with E-state index in [1.165, 1.54) is 0 Å². The summed E-state index contributed by atoms with van der Waals surface area (Å²) in [5.74, 6) is 0.785. The van der Waals surface area contributed by atoms with Crippen LogP contribution < -0.4 is 10.1 Å². The first-order valence-electron chi connectivity index (χ1n) is 5.61. The molecule has 1 aromatic rings. The molecule has 1 saturated heterocycles. The Morgan fingerprint density at radius 3 is 2.82 bits per heavy atom. The molecule has 17 heavy (non-hydrogen) atoms. The van der Waals surface area contributed by atoms with E-state index in [0.29, 0.717) is 6.61 Å². The number of benzene rings is 1. The molecule has 0 bridgehead atoms. The zero-order chi connectivity index (χ0) is 12.5. The zero-order valence-corrected chi connectivity index (χ0v) is 10.3. The number of ether oxygens (including phenoxy) is 2. The van der Waals surface area contributed by atoms with Gasteiger partial charge in [0.05, 0.1) is 13.2 Å². The maximum Gasteiger partial charge on any atom is 0.407 e. The number of cyclic esters (lactones) is 1. The summed E-state index contributed by atoms with van der Waals surface area (Å²) in [6, 6.07) is 7.62. The van der Waals surface area contributed by atoms with Crippen LogP contribution in [-0.4, -0.2) is 19.8 Å². The van der Waals surface area contributed by atoms with Crippen LogP contribution in [0.2, 0.25) is 0 Å². The topological polar surface area (TPSA) is 47.6 Å². The van der Waals surface area contributed by atoms with Gasteiger partial charge < -0.3 is 14.8 Å². The summed E-state index contributed by atoms with van der Waals surface area (Å²) >= 11 is 0. The Balaban J connectivity index is 2.39. The molecular weight excluding hydrogens is 218 g/mol. The summed E-state index contributed by atoms with van der Waals surface area (Å²) in [6.45, 7) is 4.52. The van der Waals surface area contributed by atoms with Crippen molar-refractivity contribution in [2.75, 3.05) is 13.7 Å². The molecule has 1 heterocycles. The molecule has 0 saturated carbocycles. The van der Waals surface area contributed by atoms with Gasteiger partial charge in [-0.15, -0.1) is 0 Å². The number of nitrogens with one attached hydrogen (secondary N) is 1. The molecule has 0 spiro atoms. The highest BCUT2D eigenvalue weighted by atomic mass is 16.6. The van der Waals surface area contributed by atoms with E-state index in [1.807, 2.05) is 24.3 Å². The van der Waals surface area contributed by atoms with Gasteiger partial charge in [0.25, 0.3) is 0 Å². The van der Waals surface area contributed by atoms with Crippen molar-refractivity contribution in [3.63, 3.8) is 0 Å². The van der Waals surface area contributed by atoms with Crippen LogP contribution in [0.4, 0.5) is 4.79 Å². The highest BCUT2D eigenvalue weighted by Crippen LogP contribution is 2.39. The lowest BCUT2D eigenvalue weighted by atomic mass is 9.80. The minimum atomic E-state index is -0.375. The second-order valence-electron chi connectivity index (χ2n) is 4.88. The largest absolute Gasteiger partial charge is 0.496 e. The fraction of sp³-hybridized carbons (Fsp3) is 0.462. The predicted octanol–water partition coefficient (Wildman–Crippen LogP) is 2.50. The third-order valence-electron chi connectivity index (χ3n) is 3.07. The maximum atomic E-state index is 11.4. The lowest BCUT2D eigenvalue weighted by molar-refractivity contribution is 0.0381. The Labute approximate surface area is 101 Å². The summed E-state index contributed by atoms with van der Waals surface area (Å²) < 4.78 is 10.4. The van der Waals surface area contributed by atoms with Crippen LogP contribution in [0.15, 0.2) is 24.3 Å². The Kier molecular flexibility index (Phi) is 2.96. The van der Waals surface area contributed by atoms with Crippen molar-refractivity contribution in [1.29, 1.82) is 0 Å². The molecule has 1 fully saturated rings. The van der Waals surface area contributed by atoms with Gasteiger partial charge in [-0.25, -0.2) is 4.79 Å². The normalized spacial score (nSPS) is 22.5. The Morgan fingerprint density at radius 1 is 1.41 bits per heavy atom. The van der Waals surface area contributed by atoms with Gasteiger partial charge >= 0.3 is 6.09 Å². The molecule has 4 nitrogen and oxygen atoms in total. The number of para-hydroxylation sites is 1. The Bertz CT molecular complexity index is 428. The van der Waals surface area contributed by atoms with Crippen LogP contribution in [-0.2, 0) is 4.74 Å². The standard InChI is InChI=1S/C13H17NO3/c1-13(2)8-17-12(15)14-11(13)9-6-4-5-7-10(9)16-3/h4-7,11H,8H2,1-3H3,(H,14,15)/t11-/m0/s1. The molecular formula is C13H17NO3. The van der Waals surface area contributed by atoms with Crippen molar-refractivity contribution >= 4 is 6.09 Å². The number of amides is 1. The summed E-state index contributed by atoms with van der Waals surface area (Å²) in [4.78, 5) is 11.4. The van der Waals surface area contributed by atoms with Crippen molar-refractivity contribution in [2.24, 2.45) is 5.41 Å². The van der Waals surface area contributed by atoms with Gasteiger partial charge in [-0.2, -0.15) is 0 Å². The molecule has 1 aliphatic rings. The Hall–Kier alpha value is -1.71. The molecule has 1 aromatic carbocycles. The predicted molar refractivity (Wildman–Crippen MR) is 64.0 cm³/mol. The van der Waals surface area contributed by atoms with Crippen molar-refractivity contribution in [3.05, 3.63) is 29.8 Å². The smallest absolute Gasteiger partial charge is 0.407 e. The number of carbonyl (C=O) groups excluding carboxylic acids is 1.